The highest BCUT2D eigenvalue weighted by Gasteiger charge is 2.10. The summed E-state index contributed by atoms with van der Waals surface area (Å²) in [7, 11) is 3.16. The van der Waals surface area contributed by atoms with E-state index in [4.69, 9.17) is 23.7 Å². The van der Waals surface area contributed by atoms with Crippen LogP contribution in [-0.2, 0) is 14.2 Å². The average Bonchev–Trinajstić information content (AvgIpc) is 2.86. The summed E-state index contributed by atoms with van der Waals surface area (Å²) in [5.41, 5.74) is 0.980. The van der Waals surface area contributed by atoms with Crippen LogP contribution in [0.5, 0.6) is 11.5 Å². The molecular formula is C24H32N2O7. The van der Waals surface area contributed by atoms with Crippen molar-refractivity contribution in [3.05, 3.63) is 59.7 Å². The molecule has 180 valence electrons. The third-order valence-electron chi connectivity index (χ3n) is 4.43. The van der Waals surface area contributed by atoms with Crippen LogP contribution in [0.15, 0.2) is 48.5 Å². The quantitative estimate of drug-likeness (QED) is 0.369. The van der Waals surface area contributed by atoms with Crippen molar-refractivity contribution >= 4 is 11.8 Å². The maximum absolute atomic E-state index is 11.8. The zero-order valence-corrected chi connectivity index (χ0v) is 19.1. The van der Waals surface area contributed by atoms with Gasteiger partial charge in [0.15, 0.2) is 0 Å². The Morgan fingerprint density at radius 3 is 1.27 bits per heavy atom. The van der Waals surface area contributed by atoms with E-state index in [0.717, 1.165) is 0 Å². The van der Waals surface area contributed by atoms with Gasteiger partial charge in [0.2, 0.25) is 0 Å². The molecule has 2 aromatic carbocycles. The summed E-state index contributed by atoms with van der Waals surface area (Å²) >= 11 is 0. The van der Waals surface area contributed by atoms with E-state index >= 15 is 0 Å². The van der Waals surface area contributed by atoms with Gasteiger partial charge in [-0.15, -0.1) is 0 Å². The second kappa shape index (κ2) is 15.6. The molecule has 0 aliphatic heterocycles. The Kier molecular flexibility index (Phi) is 12.4. The molecule has 0 aliphatic rings. The summed E-state index contributed by atoms with van der Waals surface area (Å²) in [6.45, 7) is 3.18. The van der Waals surface area contributed by atoms with Crippen molar-refractivity contribution in [2.75, 3.05) is 67.0 Å². The molecule has 0 saturated heterocycles. The highest BCUT2D eigenvalue weighted by molar-refractivity contribution is 5.97. The van der Waals surface area contributed by atoms with Crippen LogP contribution >= 0.6 is 0 Å². The summed E-state index contributed by atoms with van der Waals surface area (Å²) in [5, 5.41) is 5.17. The van der Waals surface area contributed by atoms with Crippen LogP contribution in [0.25, 0.3) is 0 Å². The molecule has 33 heavy (non-hydrogen) atoms. The smallest absolute Gasteiger partial charge is 0.254 e. The highest BCUT2D eigenvalue weighted by Crippen LogP contribution is 2.18. The lowest BCUT2D eigenvalue weighted by atomic mass is 10.2. The minimum absolute atomic E-state index is 0.192. The minimum atomic E-state index is -0.192. The van der Waals surface area contributed by atoms with Crippen molar-refractivity contribution in [2.24, 2.45) is 0 Å². The van der Waals surface area contributed by atoms with Gasteiger partial charge in [0.05, 0.1) is 50.8 Å². The third-order valence-corrected chi connectivity index (χ3v) is 4.43. The van der Waals surface area contributed by atoms with Crippen molar-refractivity contribution in [1.82, 2.24) is 10.6 Å². The second-order valence-electron chi connectivity index (χ2n) is 6.68. The third kappa shape index (κ3) is 9.48. The molecule has 0 aromatic heterocycles. The molecule has 0 radical (unpaired) electrons. The van der Waals surface area contributed by atoms with Gasteiger partial charge in [-0.1, -0.05) is 24.3 Å². The van der Waals surface area contributed by atoms with Gasteiger partial charge < -0.3 is 34.3 Å². The molecule has 0 unspecified atom stereocenters. The number of ether oxygens (including phenoxy) is 5. The van der Waals surface area contributed by atoms with Crippen molar-refractivity contribution < 1.29 is 33.3 Å². The summed E-state index contributed by atoms with van der Waals surface area (Å²) in [6, 6.07) is 14.1. The number of hydrogen-bond donors (Lipinski definition) is 2. The Bertz CT molecular complexity index is 791. The number of para-hydroxylation sites is 2. The first-order chi connectivity index (χ1) is 16.2. The molecule has 0 spiro atoms. The van der Waals surface area contributed by atoms with Crippen LogP contribution in [0.4, 0.5) is 0 Å². The van der Waals surface area contributed by atoms with Crippen molar-refractivity contribution in [1.29, 1.82) is 0 Å². The van der Waals surface area contributed by atoms with Crippen molar-refractivity contribution in [3.8, 4) is 11.5 Å². The first-order valence-electron chi connectivity index (χ1n) is 10.8. The zero-order valence-electron chi connectivity index (χ0n) is 19.1. The Morgan fingerprint density at radius 1 is 0.576 bits per heavy atom. The monoisotopic (exact) mass is 460 g/mol. The van der Waals surface area contributed by atoms with Gasteiger partial charge in [0, 0.05) is 14.1 Å². The molecule has 0 bridgehead atoms. The summed E-state index contributed by atoms with van der Waals surface area (Å²) in [5.74, 6) is 0.662. The predicted octanol–water partition coefficient (Wildman–Crippen LogP) is 1.91. The van der Waals surface area contributed by atoms with Gasteiger partial charge in [-0.3, -0.25) is 9.59 Å². The SMILES string of the molecule is CNC(=O)c1ccccc1OCCOCCOCCOCCOc1ccccc1C(=O)NC. The number of nitrogens with one attached hydrogen (secondary N) is 2. The Labute approximate surface area is 194 Å². The molecule has 0 aliphatic carbocycles. The molecule has 9 nitrogen and oxygen atoms in total. The maximum atomic E-state index is 11.8. The second-order valence-corrected chi connectivity index (χ2v) is 6.68. The fraction of sp³-hybridized carbons (Fsp3) is 0.417. The Hall–Kier alpha value is -3.14. The number of rotatable bonds is 16. The molecule has 2 N–H and O–H groups in total. The molecule has 2 aromatic rings. The van der Waals surface area contributed by atoms with Crippen molar-refractivity contribution in [3.63, 3.8) is 0 Å². The lowest BCUT2D eigenvalue weighted by Gasteiger charge is -2.11. The van der Waals surface area contributed by atoms with Crippen LogP contribution in [0.2, 0.25) is 0 Å². The molecule has 0 atom stereocenters. The molecule has 9 heteroatoms. The molecular weight excluding hydrogens is 428 g/mol. The van der Waals surface area contributed by atoms with E-state index in [2.05, 4.69) is 10.6 Å². The molecule has 2 amide bonds. The lowest BCUT2D eigenvalue weighted by Crippen LogP contribution is -2.20. The first-order valence-corrected chi connectivity index (χ1v) is 10.8. The fourth-order valence-electron chi connectivity index (χ4n) is 2.79. The minimum Gasteiger partial charge on any atom is -0.490 e. The maximum Gasteiger partial charge on any atom is 0.254 e. The summed E-state index contributed by atoms with van der Waals surface area (Å²) in [6.07, 6.45) is 0. The van der Waals surface area contributed by atoms with E-state index in [1.54, 1.807) is 50.5 Å². The van der Waals surface area contributed by atoms with Gasteiger partial charge in [-0.25, -0.2) is 0 Å². The van der Waals surface area contributed by atoms with E-state index in [1.165, 1.54) is 0 Å². The summed E-state index contributed by atoms with van der Waals surface area (Å²) in [4.78, 5) is 23.6. The number of carbonyl (C=O) groups is 2. The molecule has 0 heterocycles. The predicted molar refractivity (Wildman–Crippen MR) is 123 cm³/mol. The lowest BCUT2D eigenvalue weighted by molar-refractivity contribution is 0.00492. The van der Waals surface area contributed by atoms with Gasteiger partial charge in [0.1, 0.15) is 24.7 Å². The van der Waals surface area contributed by atoms with E-state index in [0.29, 0.717) is 75.5 Å². The largest absolute Gasteiger partial charge is 0.490 e. The van der Waals surface area contributed by atoms with Crippen molar-refractivity contribution in [2.45, 2.75) is 0 Å². The Morgan fingerprint density at radius 2 is 0.909 bits per heavy atom. The summed E-state index contributed by atoms with van der Waals surface area (Å²) < 4.78 is 27.6. The van der Waals surface area contributed by atoms with E-state index in [-0.39, 0.29) is 11.8 Å². The number of carbonyl (C=O) groups excluding carboxylic acids is 2. The van der Waals surface area contributed by atoms with Crippen LogP contribution in [0.3, 0.4) is 0 Å². The van der Waals surface area contributed by atoms with Crippen LogP contribution in [0, 0.1) is 0 Å². The topological polar surface area (TPSA) is 104 Å². The molecule has 0 fully saturated rings. The standard InChI is InChI=1S/C24H32N2O7/c1-25-23(27)19-7-3-5-9-21(19)32-17-15-30-13-11-29-12-14-31-16-18-33-22-10-6-4-8-20(22)24(28)26-2/h3-10H,11-18H2,1-2H3,(H,25,27)(H,26,28). The number of amides is 2. The van der Waals surface area contributed by atoms with Gasteiger partial charge in [-0.2, -0.15) is 0 Å². The van der Waals surface area contributed by atoms with E-state index < -0.39 is 0 Å². The van der Waals surface area contributed by atoms with Crippen LogP contribution < -0.4 is 20.1 Å². The van der Waals surface area contributed by atoms with E-state index in [1.807, 2.05) is 12.1 Å². The van der Waals surface area contributed by atoms with Crippen LogP contribution in [0.1, 0.15) is 20.7 Å². The van der Waals surface area contributed by atoms with Gasteiger partial charge in [-0.05, 0) is 24.3 Å². The molecule has 0 saturated carbocycles. The highest BCUT2D eigenvalue weighted by atomic mass is 16.6. The zero-order chi connectivity index (χ0) is 23.7. The number of hydrogen-bond acceptors (Lipinski definition) is 7. The molecule has 2 rings (SSSR count). The normalized spacial score (nSPS) is 10.5. The van der Waals surface area contributed by atoms with Crippen LogP contribution in [-0.4, -0.2) is 78.8 Å². The van der Waals surface area contributed by atoms with Gasteiger partial charge >= 0.3 is 0 Å². The Balaban J connectivity index is 1.45. The van der Waals surface area contributed by atoms with E-state index in [9.17, 15) is 9.59 Å². The number of benzene rings is 2. The first kappa shape index (κ1) is 26.1. The fourth-order valence-corrected chi connectivity index (χ4v) is 2.79. The average molecular weight is 461 g/mol. The van der Waals surface area contributed by atoms with Gasteiger partial charge in [0.25, 0.3) is 11.8 Å².